The van der Waals surface area contributed by atoms with Crippen LogP contribution in [0.1, 0.15) is 20.8 Å². The van der Waals surface area contributed by atoms with E-state index in [-0.39, 0.29) is 5.97 Å². The lowest BCUT2D eigenvalue weighted by atomic mass is 10.1. The number of ether oxygens (including phenoxy) is 1. The second-order valence-corrected chi connectivity index (χ2v) is 6.18. The van der Waals surface area contributed by atoms with Crippen molar-refractivity contribution < 1.29 is 9.53 Å². The predicted molar refractivity (Wildman–Crippen MR) is 80.9 cm³/mol. The normalized spacial score (nSPS) is 11.4. The molecule has 1 rings (SSSR count). The van der Waals surface area contributed by atoms with Gasteiger partial charge in [-0.2, -0.15) is 0 Å². The van der Waals surface area contributed by atoms with Crippen LogP contribution in [-0.4, -0.2) is 30.4 Å². The first-order valence-corrected chi connectivity index (χ1v) is 7.62. The van der Waals surface area contributed by atoms with Crippen LogP contribution in [0.3, 0.4) is 0 Å². The number of thioether (sulfide) groups is 1. The Labute approximate surface area is 124 Å². The van der Waals surface area contributed by atoms with E-state index in [1.165, 1.54) is 4.90 Å². The van der Waals surface area contributed by atoms with Gasteiger partial charge in [-0.1, -0.05) is 11.6 Å². The summed E-state index contributed by atoms with van der Waals surface area (Å²) in [5.41, 5.74) is -0.642. The Kier molecular flexibility index (Phi) is 6.69. The molecule has 0 aliphatic carbocycles. The molecule has 0 aromatic heterocycles. The van der Waals surface area contributed by atoms with Gasteiger partial charge in [-0.15, -0.1) is 11.8 Å². The van der Waals surface area contributed by atoms with Crippen molar-refractivity contribution in [2.45, 2.75) is 31.2 Å². The predicted octanol–water partition coefficient (Wildman–Crippen LogP) is 3.36. The third kappa shape index (κ3) is 5.85. The Morgan fingerprint density at radius 3 is 2.58 bits per heavy atom. The molecule has 0 unspecified atom stereocenters. The molecule has 0 saturated heterocycles. The number of nitrogens with one attached hydrogen (secondary N) is 1. The van der Waals surface area contributed by atoms with Gasteiger partial charge in [-0.05, 0) is 45.0 Å². The smallest absolute Gasteiger partial charge is 0.325 e. The third-order valence-electron chi connectivity index (χ3n) is 2.54. The average Bonchev–Trinajstić information content (AvgIpc) is 2.37. The molecule has 0 fully saturated rings. The fourth-order valence-electron chi connectivity index (χ4n) is 1.45. The summed E-state index contributed by atoms with van der Waals surface area (Å²) in [6.07, 6.45) is 0. The lowest BCUT2D eigenvalue weighted by Crippen LogP contribution is -2.48. The first kappa shape index (κ1) is 16.3. The lowest BCUT2D eigenvalue weighted by molar-refractivity contribution is -0.149. The van der Waals surface area contributed by atoms with Crippen LogP contribution < -0.4 is 5.32 Å². The molecule has 1 N–H and O–H groups in total. The van der Waals surface area contributed by atoms with Crippen molar-refractivity contribution in [2.75, 3.05) is 18.9 Å². The van der Waals surface area contributed by atoms with Crippen LogP contribution in [0.2, 0.25) is 5.02 Å². The molecule has 106 valence electrons. The van der Waals surface area contributed by atoms with Crippen LogP contribution in [-0.2, 0) is 9.53 Å². The van der Waals surface area contributed by atoms with Gasteiger partial charge < -0.3 is 10.1 Å². The van der Waals surface area contributed by atoms with E-state index < -0.39 is 5.54 Å². The molecule has 0 spiro atoms. The molecule has 0 saturated carbocycles. The molecular formula is C14H20ClNO2S. The molecule has 0 atom stereocenters. The monoisotopic (exact) mass is 301 g/mol. The third-order valence-corrected chi connectivity index (χ3v) is 3.80. The van der Waals surface area contributed by atoms with Gasteiger partial charge in [0.25, 0.3) is 0 Å². The molecule has 0 bridgehead atoms. The number of esters is 1. The summed E-state index contributed by atoms with van der Waals surface area (Å²) in [6, 6.07) is 7.73. The first-order valence-electron chi connectivity index (χ1n) is 6.26. The van der Waals surface area contributed by atoms with E-state index in [2.05, 4.69) is 5.32 Å². The van der Waals surface area contributed by atoms with Crippen molar-refractivity contribution in [3.63, 3.8) is 0 Å². The van der Waals surface area contributed by atoms with Crippen molar-refractivity contribution in [3.8, 4) is 0 Å². The number of halogens is 1. The van der Waals surface area contributed by atoms with Gasteiger partial charge in [-0.3, -0.25) is 4.79 Å². The molecular weight excluding hydrogens is 282 g/mol. The van der Waals surface area contributed by atoms with E-state index in [4.69, 9.17) is 16.3 Å². The zero-order valence-electron chi connectivity index (χ0n) is 11.5. The second kappa shape index (κ2) is 7.78. The highest BCUT2D eigenvalue weighted by Gasteiger charge is 2.27. The Morgan fingerprint density at radius 1 is 1.37 bits per heavy atom. The van der Waals surface area contributed by atoms with E-state index in [0.717, 1.165) is 17.3 Å². The number of benzene rings is 1. The number of carbonyl (C=O) groups excluding carboxylic acids is 1. The molecule has 0 aliphatic rings. The van der Waals surface area contributed by atoms with Crippen molar-refractivity contribution in [2.24, 2.45) is 0 Å². The highest BCUT2D eigenvalue weighted by atomic mass is 35.5. The zero-order valence-corrected chi connectivity index (χ0v) is 13.1. The van der Waals surface area contributed by atoms with Crippen molar-refractivity contribution in [3.05, 3.63) is 29.3 Å². The van der Waals surface area contributed by atoms with E-state index in [9.17, 15) is 4.79 Å². The van der Waals surface area contributed by atoms with Gasteiger partial charge in [0, 0.05) is 22.2 Å². The minimum atomic E-state index is -0.642. The van der Waals surface area contributed by atoms with E-state index in [0.29, 0.717) is 6.61 Å². The van der Waals surface area contributed by atoms with Gasteiger partial charge in [0.05, 0.1) is 6.61 Å². The highest BCUT2D eigenvalue weighted by molar-refractivity contribution is 7.99. The van der Waals surface area contributed by atoms with Crippen molar-refractivity contribution >= 4 is 29.3 Å². The first-order chi connectivity index (χ1) is 8.95. The number of hydrogen-bond donors (Lipinski definition) is 1. The van der Waals surface area contributed by atoms with Crippen LogP contribution in [0.4, 0.5) is 0 Å². The van der Waals surface area contributed by atoms with Crippen molar-refractivity contribution in [1.82, 2.24) is 5.32 Å². The molecule has 0 amide bonds. The zero-order chi connectivity index (χ0) is 14.3. The van der Waals surface area contributed by atoms with Gasteiger partial charge in [-0.25, -0.2) is 0 Å². The van der Waals surface area contributed by atoms with Gasteiger partial charge in [0.15, 0.2) is 0 Å². The molecule has 0 radical (unpaired) electrons. The minimum Gasteiger partial charge on any atom is -0.465 e. The second-order valence-electron chi connectivity index (χ2n) is 4.57. The summed E-state index contributed by atoms with van der Waals surface area (Å²) in [5, 5.41) is 3.95. The maximum absolute atomic E-state index is 11.7. The number of hydrogen-bond acceptors (Lipinski definition) is 4. The highest BCUT2D eigenvalue weighted by Crippen LogP contribution is 2.19. The van der Waals surface area contributed by atoms with Crippen LogP contribution in [0, 0.1) is 0 Å². The lowest BCUT2D eigenvalue weighted by Gasteiger charge is -2.23. The fourth-order valence-corrected chi connectivity index (χ4v) is 2.34. The topological polar surface area (TPSA) is 38.3 Å². The Hall–Kier alpha value is -0.710. The van der Waals surface area contributed by atoms with Gasteiger partial charge >= 0.3 is 5.97 Å². The van der Waals surface area contributed by atoms with Crippen LogP contribution in [0.25, 0.3) is 0 Å². The molecule has 0 heterocycles. The quantitative estimate of drug-likeness (QED) is 0.476. The molecule has 0 aliphatic heterocycles. The summed E-state index contributed by atoms with van der Waals surface area (Å²) in [5.74, 6) is 0.663. The molecule has 5 heteroatoms. The molecule has 3 nitrogen and oxygen atoms in total. The van der Waals surface area contributed by atoms with Crippen LogP contribution in [0.5, 0.6) is 0 Å². The Balaban J connectivity index is 2.30. The minimum absolute atomic E-state index is 0.216. The molecule has 1 aromatic carbocycles. The van der Waals surface area contributed by atoms with Crippen LogP contribution in [0.15, 0.2) is 29.2 Å². The number of rotatable bonds is 7. The average molecular weight is 302 g/mol. The Morgan fingerprint density at radius 2 is 2.00 bits per heavy atom. The maximum Gasteiger partial charge on any atom is 0.325 e. The standard InChI is InChI=1S/C14H20ClNO2S/c1-4-18-13(17)14(2,3)16-9-10-19-12-7-5-11(15)6-8-12/h5-8,16H,4,9-10H2,1-3H3. The van der Waals surface area contributed by atoms with Crippen molar-refractivity contribution in [1.29, 1.82) is 0 Å². The summed E-state index contributed by atoms with van der Waals surface area (Å²) in [7, 11) is 0. The maximum atomic E-state index is 11.7. The van der Waals surface area contributed by atoms with Gasteiger partial charge in [0.1, 0.15) is 5.54 Å². The van der Waals surface area contributed by atoms with Gasteiger partial charge in [0.2, 0.25) is 0 Å². The summed E-state index contributed by atoms with van der Waals surface area (Å²) >= 11 is 7.55. The fraction of sp³-hybridized carbons (Fsp3) is 0.500. The summed E-state index contributed by atoms with van der Waals surface area (Å²) in [4.78, 5) is 12.8. The van der Waals surface area contributed by atoms with Crippen LogP contribution >= 0.6 is 23.4 Å². The largest absolute Gasteiger partial charge is 0.465 e. The van der Waals surface area contributed by atoms with E-state index in [1.54, 1.807) is 11.8 Å². The summed E-state index contributed by atoms with van der Waals surface area (Å²) < 4.78 is 5.01. The van der Waals surface area contributed by atoms with E-state index >= 15 is 0 Å². The molecule has 1 aromatic rings. The summed E-state index contributed by atoms with van der Waals surface area (Å²) in [6.45, 7) is 6.61. The Bertz CT molecular complexity index is 406. The van der Waals surface area contributed by atoms with E-state index in [1.807, 2.05) is 45.0 Å². The molecule has 19 heavy (non-hydrogen) atoms. The SMILES string of the molecule is CCOC(=O)C(C)(C)NCCSc1ccc(Cl)cc1. The number of carbonyl (C=O) groups is 1.